The smallest absolute Gasteiger partial charge is 0.253 e. The molecule has 0 radical (unpaired) electrons. The fraction of sp³-hybridized carbons (Fsp3) is 0.227. The third-order valence-corrected chi connectivity index (χ3v) is 6.47. The molecule has 3 rings (SSSR count). The summed E-state index contributed by atoms with van der Waals surface area (Å²) in [5.41, 5.74) is 1.80. The van der Waals surface area contributed by atoms with Crippen molar-refractivity contribution in [2.24, 2.45) is 0 Å². The van der Waals surface area contributed by atoms with Gasteiger partial charge >= 0.3 is 0 Å². The fourth-order valence-electron chi connectivity index (χ4n) is 2.99. The molecule has 0 atom stereocenters. The SMILES string of the molecule is Cc1nc(C(=O)CC(=O)N(Cc2ccc(Br)c(Br)c2)c2cccc(C(=O)N(C)C)c2)n[nH]1. The van der Waals surface area contributed by atoms with Crippen molar-refractivity contribution >= 4 is 55.1 Å². The Kier molecular flexibility index (Phi) is 7.57. The van der Waals surface area contributed by atoms with E-state index in [2.05, 4.69) is 47.0 Å². The van der Waals surface area contributed by atoms with Crippen molar-refractivity contribution in [1.82, 2.24) is 20.1 Å². The van der Waals surface area contributed by atoms with E-state index in [0.29, 0.717) is 17.1 Å². The zero-order valence-corrected chi connectivity index (χ0v) is 20.9. The summed E-state index contributed by atoms with van der Waals surface area (Å²) in [4.78, 5) is 45.2. The molecule has 0 spiro atoms. The Bertz CT molecular complexity index is 1180. The lowest BCUT2D eigenvalue weighted by molar-refractivity contribution is -0.117. The topological polar surface area (TPSA) is 99.3 Å². The van der Waals surface area contributed by atoms with Gasteiger partial charge < -0.3 is 9.80 Å². The second kappa shape index (κ2) is 10.2. The summed E-state index contributed by atoms with van der Waals surface area (Å²) >= 11 is 6.91. The van der Waals surface area contributed by atoms with Crippen molar-refractivity contribution < 1.29 is 14.4 Å². The lowest BCUT2D eigenvalue weighted by Crippen LogP contribution is -2.32. The van der Waals surface area contributed by atoms with E-state index in [-0.39, 0.29) is 18.3 Å². The molecule has 3 aromatic rings. The van der Waals surface area contributed by atoms with Gasteiger partial charge in [-0.2, -0.15) is 5.10 Å². The molecule has 0 aliphatic carbocycles. The number of nitrogens with zero attached hydrogens (tertiary/aromatic N) is 4. The molecule has 0 unspecified atom stereocenters. The van der Waals surface area contributed by atoms with Crippen molar-refractivity contribution in [3.05, 3.63) is 74.2 Å². The number of anilines is 1. The van der Waals surface area contributed by atoms with Gasteiger partial charge in [-0.3, -0.25) is 19.5 Å². The molecular formula is C22H21Br2N5O3. The summed E-state index contributed by atoms with van der Waals surface area (Å²) in [6.07, 6.45) is -0.402. The molecular weight excluding hydrogens is 542 g/mol. The summed E-state index contributed by atoms with van der Waals surface area (Å²) in [5, 5.41) is 6.45. The molecule has 10 heteroatoms. The molecule has 0 aliphatic rings. The Morgan fingerprint density at radius 2 is 1.78 bits per heavy atom. The molecule has 2 aromatic carbocycles. The van der Waals surface area contributed by atoms with Gasteiger partial charge in [-0.25, -0.2) is 4.98 Å². The monoisotopic (exact) mass is 561 g/mol. The number of H-pyrrole nitrogens is 1. The standard InChI is InChI=1S/C22H21Br2N5O3/c1-13-25-21(27-26-13)19(30)11-20(31)29(12-14-7-8-17(23)18(24)9-14)16-6-4-5-15(10-16)22(32)28(2)3/h4-10H,11-12H2,1-3H3,(H,25,26,27). The Morgan fingerprint density at radius 1 is 1.03 bits per heavy atom. The molecule has 0 saturated carbocycles. The summed E-state index contributed by atoms with van der Waals surface area (Å²) in [6.45, 7) is 1.89. The molecule has 0 saturated heterocycles. The van der Waals surface area contributed by atoms with E-state index < -0.39 is 18.1 Å². The molecule has 1 N–H and O–H groups in total. The van der Waals surface area contributed by atoms with Crippen molar-refractivity contribution in [2.75, 3.05) is 19.0 Å². The third-order valence-electron chi connectivity index (χ3n) is 4.60. The van der Waals surface area contributed by atoms with Gasteiger partial charge in [0.15, 0.2) is 0 Å². The first-order valence-electron chi connectivity index (χ1n) is 9.64. The minimum atomic E-state index is -0.484. The van der Waals surface area contributed by atoms with Crippen molar-refractivity contribution in [3.8, 4) is 0 Å². The summed E-state index contributed by atoms with van der Waals surface area (Å²) in [5.74, 6) is -0.628. The van der Waals surface area contributed by atoms with Gasteiger partial charge in [-0.05, 0) is 74.7 Å². The van der Waals surface area contributed by atoms with E-state index in [4.69, 9.17) is 0 Å². The van der Waals surface area contributed by atoms with Gasteiger partial charge in [0.25, 0.3) is 5.91 Å². The minimum absolute atomic E-state index is 0.0290. The normalized spacial score (nSPS) is 10.7. The van der Waals surface area contributed by atoms with Crippen LogP contribution in [-0.2, 0) is 11.3 Å². The number of aromatic amines is 1. The maximum absolute atomic E-state index is 13.2. The molecule has 166 valence electrons. The van der Waals surface area contributed by atoms with Gasteiger partial charge in [-0.15, -0.1) is 0 Å². The van der Waals surface area contributed by atoms with Crippen LogP contribution in [0.25, 0.3) is 0 Å². The zero-order valence-electron chi connectivity index (χ0n) is 17.7. The number of nitrogens with one attached hydrogen (secondary N) is 1. The number of aryl methyl sites for hydroxylation is 1. The Morgan fingerprint density at radius 3 is 2.41 bits per heavy atom. The number of rotatable bonds is 7. The second-order valence-corrected chi connectivity index (χ2v) is 9.03. The second-order valence-electron chi connectivity index (χ2n) is 7.32. The highest BCUT2D eigenvalue weighted by atomic mass is 79.9. The average molecular weight is 563 g/mol. The first-order chi connectivity index (χ1) is 15.2. The van der Waals surface area contributed by atoms with E-state index in [9.17, 15) is 14.4 Å². The van der Waals surface area contributed by atoms with Crippen LogP contribution in [0.3, 0.4) is 0 Å². The maximum Gasteiger partial charge on any atom is 0.253 e. The third kappa shape index (κ3) is 5.68. The van der Waals surface area contributed by atoms with Crippen LogP contribution in [0.2, 0.25) is 0 Å². The van der Waals surface area contributed by atoms with Gasteiger partial charge in [0.05, 0.1) is 13.0 Å². The Hall–Kier alpha value is -2.85. The van der Waals surface area contributed by atoms with Crippen LogP contribution in [0.15, 0.2) is 51.4 Å². The van der Waals surface area contributed by atoms with Gasteiger partial charge in [0.1, 0.15) is 5.82 Å². The number of ketones is 1. The molecule has 2 amide bonds. The van der Waals surface area contributed by atoms with E-state index in [1.165, 1.54) is 9.80 Å². The number of amides is 2. The predicted octanol–water partition coefficient (Wildman–Crippen LogP) is 4.15. The number of halogens is 2. The zero-order chi connectivity index (χ0) is 23.4. The first kappa shape index (κ1) is 23.8. The fourth-order valence-corrected chi connectivity index (χ4v) is 3.66. The van der Waals surface area contributed by atoms with Crippen molar-refractivity contribution in [3.63, 3.8) is 0 Å². The highest BCUT2D eigenvalue weighted by Crippen LogP contribution is 2.26. The van der Waals surface area contributed by atoms with Crippen LogP contribution in [0.1, 0.15) is 38.8 Å². The van der Waals surface area contributed by atoms with Crippen molar-refractivity contribution in [2.45, 2.75) is 19.9 Å². The van der Waals surface area contributed by atoms with Gasteiger partial charge in [0.2, 0.25) is 17.5 Å². The Balaban J connectivity index is 1.94. The molecule has 0 fully saturated rings. The number of carbonyl (C=O) groups excluding carboxylic acids is 3. The van der Waals surface area contributed by atoms with E-state index >= 15 is 0 Å². The molecule has 0 aliphatic heterocycles. The molecule has 32 heavy (non-hydrogen) atoms. The number of carbonyl (C=O) groups is 3. The van der Waals surface area contributed by atoms with Crippen LogP contribution in [0, 0.1) is 6.92 Å². The lowest BCUT2D eigenvalue weighted by Gasteiger charge is -2.24. The number of hydrogen-bond acceptors (Lipinski definition) is 5. The Labute approximate surface area is 202 Å². The van der Waals surface area contributed by atoms with Crippen LogP contribution in [-0.4, -0.2) is 51.8 Å². The van der Waals surface area contributed by atoms with Gasteiger partial charge in [0, 0.05) is 34.3 Å². The number of benzene rings is 2. The highest BCUT2D eigenvalue weighted by molar-refractivity contribution is 9.13. The van der Waals surface area contributed by atoms with E-state index in [1.807, 2.05) is 18.2 Å². The largest absolute Gasteiger partial charge is 0.345 e. The van der Waals surface area contributed by atoms with Crippen LogP contribution in [0.4, 0.5) is 5.69 Å². The van der Waals surface area contributed by atoms with Gasteiger partial charge in [-0.1, -0.05) is 12.1 Å². The van der Waals surface area contributed by atoms with Crippen LogP contribution < -0.4 is 4.90 Å². The van der Waals surface area contributed by atoms with E-state index in [0.717, 1.165) is 14.5 Å². The summed E-state index contributed by atoms with van der Waals surface area (Å²) in [6, 6.07) is 12.4. The van der Waals surface area contributed by atoms with E-state index in [1.54, 1.807) is 45.3 Å². The average Bonchev–Trinajstić information content (AvgIpc) is 3.20. The molecule has 1 aromatic heterocycles. The van der Waals surface area contributed by atoms with Crippen LogP contribution in [0.5, 0.6) is 0 Å². The predicted molar refractivity (Wildman–Crippen MR) is 128 cm³/mol. The number of Topliss-reactive ketones (excluding diaryl/α,β-unsaturated/α-hetero) is 1. The number of hydrogen-bond donors (Lipinski definition) is 1. The van der Waals surface area contributed by atoms with Crippen LogP contribution >= 0.6 is 31.9 Å². The molecule has 0 bridgehead atoms. The number of aromatic nitrogens is 3. The quantitative estimate of drug-likeness (QED) is 0.344. The van der Waals surface area contributed by atoms with Crippen molar-refractivity contribution in [1.29, 1.82) is 0 Å². The highest BCUT2D eigenvalue weighted by Gasteiger charge is 2.23. The molecule has 1 heterocycles. The summed E-state index contributed by atoms with van der Waals surface area (Å²) in [7, 11) is 3.32. The maximum atomic E-state index is 13.2. The first-order valence-corrected chi connectivity index (χ1v) is 11.2. The minimum Gasteiger partial charge on any atom is -0.345 e. The lowest BCUT2D eigenvalue weighted by atomic mass is 10.1. The molecule has 8 nitrogen and oxygen atoms in total. The summed E-state index contributed by atoms with van der Waals surface area (Å²) < 4.78 is 1.72.